The minimum Gasteiger partial charge on any atom is -0.494 e. The van der Waals surface area contributed by atoms with E-state index in [1.807, 2.05) is 6.92 Å². The summed E-state index contributed by atoms with van der Waals surface area (Å²) in [6.45, 7) is 2.27. The van der Waals surface area contributed by atoms with Crippen LogP contribution in [0.2, 0.25) is 0 Å². The average Bonchev–Trinajstić information content (AvgIpc) is 2.55. The van der Waals surface area contributed by atoms with Crippen LogP contribution in [0.3, 0.4) is 0 Å². The van der Waals surface area contributed by atoms with Crippen LogP contribution >= 0.6 is 15.9 Å². The van der Waals surface area contributed by atoms with Crippen LogP contribution in [-0.2, 0) is 16.4 Å². The first-order valence-electron chi connectivity index (χ1n) is 7.88. The van der Waals surface area contributed by atoms with Crippen LogP contribution in [0.15, 0.2) is 51.8 Å². The molecule has 5 nitrogen and oxygen atoms in total. The highest BCUT2D eigenvalue weighted by molar-refractivity contribution is 9.10. The highest BCUT2D eigenvalue weighted by Crippen LogP contribution is 2.32. The SMILES string of the molecule is CCOc1ccccc1CCNS(=O)(=O)c1ccc(Br)cc1OC(F)(F)F. The molecule has 0 aliphatic heterocycles. The van der Waals surface area contributed by atoms with Gasteiger partial charge in [-0.2, -0.15) is 0 Å². The van der Waals surface area contributed by atoms with E-state index in [9.17, 15) is 21.6 Å². The van der Waals surface area contributed by atoms with Crippen molar-refractivity contribution >= 4 is 26.0 Å². The molecule has 148 valence electrons. The van der Waals surface area contributed by atoms with Crippen LogP contribution < -0.4 is 14.2 Å². The van der Waals surface area contributed by atoms with E-state index < -0.39 is 27.0 Å². The molecule has 2 rings (SSSR count). The van der Waals surface area contributed by atoms with Gasteiger partial charge in [0.15, 0.2) is 5.75 Å². The van der Waals surface area contributed by atoms with Gasteiger partial charge in [0.1, 0.15) is 10.6 Å². The van der Waals surface area contributed by atoms with Gasteiger partial charge in [0.25, 0.3) is 0 Å². The van der Waals surface area contributed by atoms with Crippen LogP contribution in [-0.4, -0.2) is 27.9 Å². The van der Waals surface area contributed by atoms with E-state index in [2.05, 4.69) is 25.4 Å². The molecule has 0 aliphatic rings. The normalized spacial score (nSPS) is 12.0. The van der Waals surface area contributed by atoms with Gasteiger partial charge >= 0.3 is 6.36 Å². The lowest BCUT2D eigenvalue weighted by atomic mass is 10.1. The van der Waals surface area contributed by atoms with E-state index in [0.717, 1.165) is 17.7 Å². The number of hydrogen-bond donors (Lipinski definition) is 1. The second kappa shape index (κ2) is 8.94. The summed E-state index contributed by atoms with van der Waals surface area (Å²) in [5.41, 5.74) is 0.782. The maximum atomic E-state index is 12.6. The molecule has 0 saturated carbocycles. The van der Waals surface area contributed by atoms with Crippen molar-refractivity contribution in [3.8, 4) is 11.5 Å². The van der Waals surface area contributed by atoms with Gasteiger partial charge in [-0.3, -0.25) is 0 Å². The fourth-order valence-corrected chi connectivity index (χ4v) is 3.79. The van der Waals surface area contributed by atoms with E-state index in [4.69, 9.17) is 4.74 Å². The Hall–Kier alpha value is -1.78. The van der Waals surface area contributed by atoms with Crippen molar-refractivity contribution in [1.82, 2.24) is 4.72 Å². The molecule has 1 N–H and O–H groups in total. The Kier molecular flexibility index (Phi) is 7.12. The molecule has 0 aliphatic carbocycles. The van der Waals surface area contributed by atoms with E-state index in [0.29, 0.717) is 18.8 Å². The molecular formula is C17H17BrF3NO4S. The molecule has 0 amide bonds. The second-order valence-corrected chi connectivity index (χ2v) is 7.98. The molecule has 0 heterocycles. The van der Waals surface area contributed by atoms with Crippen molar-refractivity contribution in [3.63, 3.8) is 0 Å². The average molecular weight is 468 g/mol. The van der Waals surface area contributed by atoms with Gasteiger partial charge in [-0.05, 0) is 43.2 Å². The van der Waals surface area contributed by atoms with Gasteiger partial charge in [-0.15, -0.1) is 13.2 Å². The number of sulfonamides is 1. The second-order valence-electron chi connectivity index (χ2n) is 5.33. The first-order chi connectivity index (χ1) is 12.6. The van der Waals surface area contributed by atoms with E-state index in [1.165, 1.54) is 6.07 Å². The maximum absolute atomic E-state index is 12.6. The number of alkyl halides is 3. The fourth-order valence-electron chi connectivity index (χ4n) is 2.31. The number of hydrogen-bond acceptors (Lipinski definition) is 4. The highest BCUT2D eigenvalue weighted by Gasteiger charge is 2.34. The van der Waals surface area contributed by atoms with Crippen molar-refractivity contribution in [3.05, 3.63) is 52.5 Å². The maximum Gasteiger partial charge on any atom is 0.573 e. The predicted octanol–water partition coefficient (Wildman–Crippen LogP) is 4.27. The van der Waals surface area contributed by atoms with Crippen LogP contribution in [0.4, 0.5) is 13.2 Å². The number of ether oxygens (including phenoxy) is 2. The lowest BCUT2D eigenvalue weighted by molar-refractivity contribution is -0.275. The first kappa shape index (κ1) is 21.5. The summed E-state index contributed by atoms with van der Waals surface area (Å²) in [7, 11) is -4.21. The van der Waals surface area contributed by atoms with Crippen molar-refractivity contribution in [1.29, 1.82) is 0 Å². The summed E-state index contributed by atoms with van der Waals surface area (Å²) in [6.07, 6.45) is -4.71. The van der Waals surface area contributed by atoms with Gasteiger partial charge in [-0.25, -0.2) is 13.1 Å². The smallest absolute Gasteiger partial charge is 0.494 e. The van der Waals surface area contributed by atoms with Crippen molar-refractivity contribution in [2.24, 2.45) is 0 Å². The highest BCUT2D eigenvalue weighted by atomic mass is 79.9. The zero-order valence-corrected chi connectivity index (χ0v) is 16.6. The molecule has 27 heavy (non-hydrogen) atoms. The number of halogens is 4. The fraction of sp³-hybridized carbons (Fsp3) is 0.294. The predicted molar refractivity (Wildman–Crippen MR) is 97.3 cm³/mol. The Morgan fingerprint density at radius 2 is 1.81 bits per heavy atom. The molecule has 0 spiro atoms. The monoisotopic (exact) mass is 467 g/mol. The Bertz CT molecular complexity index is 888. The third-order valence-electron chi connectivity index (χ3n) is 3.38. The molecule has 2 aromatic carbocycles. The zero-order chi connectivity index (χ0) is 20.1. The van der Waals surface area contributed by atoms with E-state index in [-0.39, 0.29) is 11.0 Å². The standard InChI is InChI=1S/C17H17BrF3NO4S/c1-2-25-14-6-4-3-5-12(14)9-10-22-27(23,24)16-8-7-13(18)11-15(16)26-17(19,20)21/h3-8,11,22H,2,9-10H2,1H3. The van der Waals surface area contributed by atoms with E-state index in [1.54, 1.807) is 24.3 Å². The Morgan fingerprint density at radius 1 is 1.11 bits per heavy atom. The summed E-state index contributed by atoms with van der Waals surface area (Å²) < 4.78 is 74.4. The summed E-state index contributed by atoms with van der Waals surface area (Å²) in [5, 5.41) is 0. The zero-order valence-electron chi connectivity index (χ0n) is 14.2. The molecule has 0 saturated heterocycles. The summed E-state index contributed by atoms with van der Waals surface area (Å²) in [4.78, 5) is -0.596. The first-order valence-corrected chi connectivity index (χ1v) is 10.2. The minimum absolute atomic E-state index is 0.0199. The molecule has 0 unspecified atom stereocenters. The Balaban J connectivity index is 2.16. The van der Waals surface area contributed by atoms with Crippen LogP contribution in [0.5, 0.6) is 11.5 Å². The number of para-hydroxylation sites is 1. The molecule has 10 heteroatoms. The number of nitrogens with one attached hydrogen (secondary N) is 1. The quantitative estimate of drug-likeness (QED) is 0.629. The molecular weight excluding hydrogens is 451 g/mol. The lowest BCUT2D eigenvalue weighted by Crippen LogP contribution is -2.27. The Labute approximate surface area is 163 Å². The van der Waals surface area contributed by atoms with Crippen molar-refractivity contribution in [2.75, 3.05) is 13.2 Å². The van der Waals surface area contributed by atoms with Crippen molar-refractivity contribution < 1.29 is 31.1 Å². The Morgan fingerprint density at radius 3 is 2.48 bits per heavy atom. The van der Waals surface area contributed by atoms with E-state index >= 15 is 0 Å². The molecule has 0 aromatic heterocycles. The van der Waals surface area contributed by atoms with Gasteiger partial charge in [-0.1, -0.05) is 34.1 Å². The lowest BCUT2D eigenvalue weighted by Gasteiger charge is -2.15. The topological polar surface area (TPSA) is 64.6 Å². The van der Waals surface area contributed by atoms with Crippen LogP contribution in [0, 0.1) is 0 Å². The molecule has 0 bridgehead atoms. The third kappa shape index (κ3) is 6.40. The molecule has 0 radical (unpaired) electrons. The molecule has 0 fully saturated rings. The number of rotatable bonds is 8. The molecule has 2 aromatic rings. The van der Waals surface area contributed by atoms with Gasteiger partial charge in [0, 0.05) is 11.0 Å². The summed E-state index contributed by atoms with van der Waals surface area (Å²) in [5.74, 6) is -0.178. The van der Waals surface area contributed by atoms with Gasteiger partial charge in [0.05, 0.1) is 6.61 Å². The summed E-state index contributed by atoms with van der Waals surface area (Å²) in [6, 6.07) is 10.4. The summed E-state index contributed by atoms with van der Waals surface area (Å²) >= 11 is 3.00. The van der Waals surface area contributed by atoms with Crippen molar-refractivity contribution in [2.45, 2.75) is 24.6 Å². The largest absolute Gasteiger partial charge is 0.573 e. The van der Waals surface area contributed by atoms with Gasteiger partial charge < -0.3 is 9.47 Å². The number of benzene rings is 2. The minimum atomic E-state index is -5.01. The van der Waals surface area contributed by atoms with Gasteiger partial charge in [0.2, 0.25) is 10.0 Å². The van der Waals surface area contributed by atoms with Crippen LogP contribution in [0.25, 0.3) is 0 Å². The third-order valence-corrected chi connectivity index (χ3v) is 5.37. The molecule has 0 atom stereocenters. The van der Waals surface area contributed by atoms with Crippen LogP contribution in [0.1, 0.15) is 12.5 Å².